The summed E-state index contributed by atoms with van der Waals surface area (Å²) in [6.07, 6.45) is 0.264. The van der Waals surface area contributed by atoms with Crippen molar-refractivity contribution in [1.29, 1.82) is 0 Å². The first-order chi connectivity index (χ1) is 9.47. The fraction of sp³-hybridized carbons (Fsp3) is 0.533. The first kappa shape index (κ1) is 17.0. The highest BCUT2D eigenvalue weighted by Crippen LogP contribution is 2.26. The second-order valence-corrected chi connectivity index (χ2v) is 5.62. The Morgan fingerprint density at radius 3 is 2.70 bits per heavy atom. The van der Waals surface area contributed by atoms with Gasteiger partial charge in [0.15, 0.2) is 6.10 Å². The maximum absolute atomic E-state index is 12.1. The lowest BCUT2D eigenvalue weighted by Gasteiger charge is -2.20. The molecule has 0 aromatic heterocycles. The molecule has 0 saturated carbocycles. The van der Waals surface area contributed by atoms with Crippen LogP contribution in [0, 0.1) is 6.92 Å². The van der Waals surface area contributed by atoms with Crippen LogP contribution in [-0.2, 0) is 9.53 Å². The third-order valence-electron chi connectivity index (χ3n) is 2.97. The molecule has 1 N–H and O–H groups in total. The van der Waals surface area contributed by atoms with Crippen molar-refractivity contribution in [2.45, 2.75) is 39.3 Å². The molecule has 5 heteroatoms. The molecule has 1 rings (SSSR count). The molecule has 0 fully saturated rings. The fourth-order valence-electron chi connectivity index (χ4n) is 1.73. The number of ether oxygens (including phenoxy) is 2. The first-order valence-electron chi connectivity index (χ1n) is 6.70. The van der Waals surface area contributed by atoms with Gasteiger partial charge in [-0.25, -0.2) is 0 Å². The summed E-state index contributed by atoms with van der Waals surface area (Å²) in [5.41, 5.74) is 1.13. The highest BCUT2D eigenvalue weighted by molar-refractivity contribution is 9.10. The smallest absolute Gasteiger partial charge is 0.261 e. The second-order valence-electron chi connectivity index (χ2n) is 4.76. The number of methoxy groups -OCH3 is 1. The number of carbonyl (C=O) groups excluding carboxylic acids is 1. The Bertz CT molecular complexity index is 451. The van der Waals surface area contributed by atoms with Crippen LogP contribution in [0.1, 0.15) is 25.8 Å². The molecule has 2 atom stereocenters. The van der Waals surface area contributed by atoms with E-state index in [0.29, 0.717) is 12.4 Å². The van der Waals surface area contributed by atoms with Crippen molar-refractivity contribution in [3.8, 4) is 5.75 Å². The molecule has 0 saturated heterocycles. The molecule has 1 amide bonds. The molecular weight excluding hydrogens is 322 g/mol. The number of nitrogens with one attached hydrogen (secondary N) is 1. The fourth-order valence-corrected chi connectivity index (χ4v) is 2.31. The van der Waals surface area contributed by atoms with E-state index in [9.17, 15) is 4.79 Å². The minimum atomic E-state index is -0.556. The van der Waals surface area contributed by atoms with Crippen LogP contribution in [0.15, 0.2) is 22.7 Å². The van der Waals surface area contributed by atoms with Crippen LogP contribution < -0.4 is 10.1 Å². The van der Waals surface area contributed by atoms with E-state index in [1.807, 2.05) is 32.0 Å². The second kappa shape index (κ2) is 8.27. The summed E-state index contributed by atoms with van der Waals surface area (Å²) in [4.78, 5) is 12.1. The summed E-state index contributed by atoms with van der Waals surface area (Å²) in [7, 11) is 1.62. The SMILES string of the molecule is CCC(COC)NC(=O)C(C)Oc1ccc(C)cc1Br. The maximum Gasteiger partial charge on any atom is 0.261 e. The molecule has 20 heavy (non-hydrogen) atoms. The summed E-state index contributed by atoms with van der Waals surface area (Å²) < 4.78 is 11.6. The minimum absolute atomic E-state index is 0.0139. The van der Waals surface area contributed by atoms with Gasteiger partial charge in [-0.15, -0.1) is 0 Å². The summed E-state index contributed by atoms with van der Waals surface area (Å²) in [5.74, 6) is 0.527. The van der Waals surface area contributed by atoms with Gasteiger partial charge in [0.2, 0.25) is 0 Å². The Morgan fingerprint density at radius 1 is 1.45 bits per heavy atom. The summed E-state index contributed by atoms with van der Waals surface area (Å²) >= 11 is 3.44. The third kappa shape index (κ3) is 5.13. The zero-order valence-electron chi connectivity index (χ0n) is 12.4. The van der Waals surface area contributed by atoms with Gasteiger partial charge >= 0.3 is 0 Å². The van der Waals surface area contributed by atoms with Crippen LogP contribution >= 0.6 is 15.9 Å². The molecule has 0 radical (unpaired) electrons. The lowest BCUT2D eigenvalue weighted by Crippen LogP contribution is -2.44. The van der Waals surface area contributed by atoms with Gasteiger partial charge < -0.3 is 14.8 Å². The highest BCUT2D eigenvalue weighted by Gasteiger charge is 2.19. The molecule has 0 heterocycles. The quantitative estimate of drug-likeness (QED) is 0.827. The van der Waals surface area contributed by atoms with Crippen molar-refractivity contribution in [3.05, 3.63) is 28.2 Å². The van der Waals surface area contributed by atoms with Gasteiger partial charge in [-0.3, -0.25) is 4.79 Å². The van der Waals surface area contributed by atoms with E-state index in [4.69, 9.17) is 9.47 Å². The van der Waals surface area contributed by atoms with Gasteiger partial charge in [0, 0.05) is 7.11 Å². The van der Waals surface area contributed by atoms with Crippen LogP contribution in [0.3, 0.4) is 0 Å². The monoisotopic (exact) mass is 343 g/mol. The van der Waals surface area contributed by atoms with E-state index in [0.717, 1.165) is 16.5 Å². The minimum Gasteiger partial charge on any atom is -0.480 e. The molecule has 0 aliphatic carbocycles. The topological polar surface area (TPSA) is 47.6 Å². The molecule has 1 aromatic rings. The van der Waals surface area contributed by atoms with Gasteiger partial charge in [-0.2, -0.15) is 0 Å². The standard InChI is InChI=1S/C15H22BrNO3/c1-5-12(9-19-4)17-15(18)11(3)20-14-7-6-10(2)8-13(14)16/h6-8,11-12H,5,9H2,1-4H3,(H,17,18). The Hall–Kier alpha value is -1.07. The average Bonchev–Trinajstić information content (AvgIpc) is 2.41. The predicted molar refractivity (Wildman–Crippen MR) is 83.1 cm³/mol. The van der Waals surface area contributed by atoms with Crippen LogP contribution in [0.5, 0.6) is 5.75 Å². The summed E-state index contributed by atoms with van der Waals surface area (Å²) in [5, 5.41) is 2.91. The Morgan fingerprint density at radius 2 is 2.15 bits per heavy atom. The Kier molecular flexibility index (Phi) is 7.02. The largest absolute Gasteiger partial charge is 0.480 e. The highest BCUT2D eigenvalue weighted by atomic mass is 79.9. The lowest BCUT2D eigenvalue weighted by atomic mass is 10.2. The number of rotatable bonds is 7. The van der Waals surface area contributed by atoms with E-state index in [1.54, 1.807) is 14.0 Å². The molecule has 1 aromatic carbocycles. The first-order valence-corrected chi connectivity index (χ1v) is 7.49. The molecular formula is C15H22BrNO3. The number of benzene rings is 1. The van der Waals surface area contributed by atoms with Crippen molar-refractivity contribution in [1.82, 2.24) is 5.32 Å². The molecule has 2 unspecified atom stereocenters. The number of hydrogen-bond donors (Lipinski definition) is 1. The van der Waals surface area contributed by atoms with Gasteiger partial charge in [0.1, 0.15) is 5.75 Å². The van der Waals surface area contributed by atoms with Gasteiger partial charge in [-0.05, 0) is 53.9 Å². The summed E-state index contributed by atoms with van der Waals surface area (Å²) in [6.45, 7) is 6.25. The Balaban J connectivity index is 2.61. The molecule has 0 aliphatic rings. The van der Waals surface area contributed by atoms with E-state index in [-0.39, 0.29) is 11.9 Å². The zero-order valence-corrected chi connectivity index (χ0v) is 14.0. The van der Waals surface area contributed by atoms with Crippen LogP contribution in [-0.4, -0.2) is 31.8 Å². The molecule has 4 nitrogen and oxygen atoms in total. The van der Waals surface area contributed by atoms with E-state index < -0.39 is 6.10 Å². The zero-order chi connectivity index (χ0) is 15.1. The number of halogens is 1. The summed E-state index contributed by atoms with van der Waals surface area (Å²) in [6, 6.07) is 5.78. The van der Waals surface area contributed by atoms with Crippen molar-refractivity contribution in [2.75, 3.05) is 13.7 Å². The van der Waals surface area contributed by atoms with Gasteiger partial charge in [-0.1, -0.05) is 13.0 Å². The van der Waals surface area contributed by atoms with E-state index in [2.05, 4.69) is 21.2 Å². The normalized spacial score (nSPS) is 13.7. The molecule has 0 bridgehead atoms. The van der Waals surface area contributed by atoms with Crippen molar-refractivity contribution in [2.24, 2.45) is 0 Å². The van der Waals surface area contributed by atoms with E-state index >= 15 is 0 Å². The van der Waals surface area contributed by atoms with Crippen LogP contribution in [0.2, 0.25) is 0 Å². The number of hydrogen-bond acceptors (Lipinski definition) is 3. The number of aryl methyl sites for hydroxylation is 1. The average molecular weight is 344 g/mol. The van der Waals surface area contributed by atoms with Gasteiger partial charge in [0.25, 0.3) is 5.91 Å². The maximum atomic E-state index is 12.1. The van der Waals surface area contributed by atoms with Crippen LogP contribution in [0.4, 0.5) is 0 Å². The Labute approximate surface area is 129 Å². The van der Waals surface area contributed by atoms with Crippen molar-refractivity contribution >= 4 is 21.8 Å². The third-order valence-corrected chi connectivity index (χ3v) is 3.59. The lowest BCUT2D eigenvalue weighted by molar-refractivity contribution is -0.128. The molecule has 0 spiro atoms. The number of amides is 1. The van der Waals surface area contributed by atoms with Crippen molar-refractivity contribution in [3.63, 3.8) is 0 Å². The molecule has 0 aliphatic heterocycles. The number of carbonyl (C=O) groups is 1. The molecule has 112 valence electrons. The van der Waals surface area contributed by atoms with E-state index in [1.165, 1.54) is 0 Å². The predicted octanol–water partition coefficient (Wildman–Crippen LogP) is 3.07. The van der Waals surface area contributed by atoms with Crippen LogP contribution in [0.25, 0.3) is 0 Å². The van der Waals surface area contributed by atoms with Gasteiger partial charge in [0.05, 0.1) is 17.1 Å². The van der Waals surface area contributed by atoms with Crippen molar-refractivity contribution < 1.29 is 14.3 Å².